The molecule has 2 rings (SSSR count). The van der Waals surface area contributed by atoms with Crippen LogP contribution in [0.4, 0.5) is 0 Å². The summed E-state index contributed by atoms with van der Waals surface area (Å²) in [5, 5.41) is 4.00. The molecule has 0 spiro atoms. The van der Waals surface area contributed by atoms with Crippen LogP contribution in [0.25, 0.3) is 0 Å². The number of hydrogen-bond donors (Lipinski definition) is 2. The van der Waals surface area contributed by atoms with Crippen molar-refractivity contribution in [2.45, 2.75) is 26.3 Å². The molecule has 24 heavy (non-hydrogen) atoms. The Morgan fingerprint density at radius 3 is 2.62 bits per heavy atom. The van der Waals surface area contributed by atoms with Crippen molar-refractivity contribution in [2.24, 2.45) is 5.92 Å². The molecule has 1 aliphatic rings. The maximum atomic E-state index is 12.1. The van der Waals surface area contributed by atoms with Gasteiger partial charge < -0.3 is 15.0 Å². The number of benzene rings is 1. The second kappa shape index (κ2) is 9.25. The minimum absolute atomic E-state index is 0.0226. The molecule has 1 heterocycles. The van der Waals surface area contributed by atoms with Gasteiger partial charge in [0.05, 0.1) is 25.6 Å². The van der Waals surface area contributed by atoms with Crippen molar-refractivity contribution >= 4 is 35.1 Å². The third-order valence-corrected chi connectivity index (χ3v) is 4.80. The van der Waals surface area contributed by atoms with Crippen molar-refractivity contribution in [2.75, 3.05) is 26.2 Å². The first kappa shape index (κ1) is 19.0. The lowest BCUT2D eigenvalue weighted by atomic mass is 9.97. The highest BCUT2D eigenvalue weighted by atomic mass is 35.5. The first-order valence-corrected chi connectivity index (χ1v) is 8.96. The van der Waals surface area contributed by atoms with E-state index >= 15 is 0 Å². The normalized spacial score (nSPS) is 20.5. The summed E-state index contributed by atoms with van der Waals surface area (Å²) in [5.74, 6) is -0.159. The van der Waals surface area contributed by atoms with Crippen molar-refractivity contribution in [3.63, 3.8) is 0 Å². The molecular formula is C17H23Cl2N2O3+. The van der Waals surface area contributed by atoms with Gasteiger partial charge in [0.15, 0.2) is 6.54 Å². The monoisotopic (exact) mass is 373 g/mol. The van der Waals surface area contributed by atoms with E-state index < -0.39 is 0 Å². The molecule has 132 valence electrons. The third kappa shape index (κ3) is 5.65. The lowest BCUT2D eigenvalue weighted by Gasteiger charge is -2.27. The van der Waals surface area contributed by atoms with E-state index in [9.17, 15) is 9.59 Å². The van der Waals surface area contributed by atoms with E-state index in [4.69, 9.17) is 27.9 Å². The smallest absolute Gasteiger partial charge is 0.309 e. The lowest BCUT2D eigenvalue weighted by molar-refractivity contribution is -0.897. The van der Waals surface area contributed by atoms with Crippen LogP contribution in [0.1, 0.15) is 25.3 Å². The van der Waals surface area contributed by atoms with Crippen LogP contribution in [0.5, 0.6) is 0 Å². The van der Waals surface area contributed by atoms with Gasteiger partial charge in [-0.2, -0.15) is 0 Å². The summed E-state index contributed by atoms with van der Waals surface area (Å²) >= 11 is 11.9. The number of ether oxygens (including phenoxy) is 1. The summed E-state index contributed by atoms with van der Waals surface area (Å²) in [4.78, 5) is 25.0. The molecule has 1 aromatic carbocycles. The topological polar surface area (TPSA) is 59.8 Å². The zero-order valence-electron chi connectivity index (χ0n) is 13.7. The van der Waals surface area contributed by atoms with Gasteiger partial charge in [0.1, 0.15) is 0 Å². The fraction of sp³-hybridized carbons (Fsp3) is 0.529. The van der Waals surface area contributed by atoms with Crippen LogP contribution in [0.3, 0.4) is 0 Å². The number of nitrogens with one attached hydrogen (secondary N) is 2. The maximum Gasteiger partial charge on any atom is 0.309 e. The van der Waals surface area contributed by atoms with Gasteiger partial charge in [-0.3, -0.25) is 9.59 Å². The number of likely N-dealkylation sites (tertiary alicyclic amines) is 1. The van der Waals surface area contributed by atoms with E-state index in [-0.39, 0.29) is 17.8 Å². The van der Waals surface area contributed by atoms with Gasteiger partial charge in [0.25, 0.3) is 5.91 Å². The molecule has 1 aliphatic heterocycles. The van der Waals surface area contributed by atoms with Gasteiger partial charge in [-0.1, -0.05) is 29.3 Å². The molecule has 7 heteroatoms. The Balaban J connectivity index is 1.73. The van der Waals surface area contributed by atoms with Crippen LogP contribution in [0.15, 0.2) is 18.2 Å². The summed E-state index contributed by atoms with van der Waals surface area (Å²) in [5.41, 5.74) is 0.838. The molecule has 5 nitrogen and oxygen atoms in total. The number of piperidine rings is 1. The predicted octanol–water partition coefficient (Wildman–Crippen LogP) is 1.47. The number of carbonyl (C=O) groups is 2. The van der Waals surface area contributed by atoms with Crippen molar-refractivity contribution < 1.29 is 19.2 Å². The molecule has 0 bridgehead atoms. The molecule has 0 atom stereocenters. The van der Waals surface area contributed by atoms with Gasteiger partial charge in [-0.05, 0) is 24.6 Å². The summed E-state index contributed by atoms with van der Waals surface area (Å²) in [6, 6.07) is 5.22. The van der Waals surface area contributed by atoms with Crippen molar-refractivity contribution in [3.8, 4) is 0 Å². The van der Waals surface area contributed by atoms with E-state index in [0.717, 1.165) is 31.5 Å². The number of halogens is 2. The zero-order valence-corrected chi connectivity index (χ0v) is 15.3. The number of rotatable bonds is 6. The second-order valence-electron chi connectivity index (χ2n) is 5.97. The fourth-order valence-corrected chi connectivity index (χ4v) is 3.32. The van der Waals surface area contributed by atoms with Crippen LogP contribution in [-0.4, -0.2) is 38.1 Å². The molecule has 0 aliphatic carbocycles. The molecule has 0 aromatic heterocycles. The number of carbonyl (C=O) groups excluding carboxylic acids is 2. The molecular weight excluding hydrogens is 351 g/mol. The molecule has 1 fully saturated rings. The number of amides is 1. The number of esters is 1. The SMILES string of the molecule is CCOC(=O)C1CC[NH+](CC(=O)NCc2ccc(Cl)cc2Cl)CC1. The predicted molar refractivity (Wildman–Crippen MR) is 93.2 cm³/mol. The number of hydrogen-bond acceptors (Lipinski definition) is 3. The van der Waals surface area contributed by atoms with E-state index in [1.165, 1.54) is 4.90 Å². The third-order valence-electron chi connectivity index (χ3n) is 4.21. The quantitative estimate of drug-likeness (QED) is 0.742. The second-order valence-corrected chi connectivity index (χ2v) is 6.81. The number of quaternary nitrogens is 1. The van der Waals surface area contributed by atoms with Crippen LogP contribution >= 0.6 is 23.2 Å². The van der Waals surface area contributed by atoms with Crippen LogP contribution in [0.2, 0.25) is 10.0 Å². The van der Waals surface area contributed by atoms with Crippen LogP contribution < -0.4 is 10.2 Å². The van der Waals surface area contributed by atoms with E-state index in [0.29, 0.717) is 29.7 Å². The largest absolute Gasteiger partial charge is 0.466 e. The zero-order chi connectivity index (χ0) is 17.5. The van der Waals surface area contributed by atoms with Gasteiger partial charge >= 0.3 is 5.97 Å². The van der Waals surface area contributed by atoms with Gasteiger partial charge in [0, 0.05) is 29.4 Å². The molecule has 0 saturated carbocycles. The lowest BCUT2D eigenvalue weighted by Crippen LogP contribution is -3.14. The molecule has 0 unspecified atom stereocenters. The standard InChI is InChI=1S/C17H22Cl2N2O3/c1-2-24-17(23)12-5-7-21(8-6-12)11-16(22)20-10-13-3-4-14(18)9-15(13)19/h3-4,9,12H,2,5-8,10-11H2,1H3,(H,20,22)/p+1. The van der Waals surface area contributed by atoms with Gasteiger partial charge in [0.2, 0.25) is 0 Å². The minimum Gasteiger partial charge on any atom is -0.466 e. The average molecular weight is 374 g/mol. The van der Waals surface area contributed by atoms with Crippen LogP contribution in [0, 0.1) is 5.92 Å². The Morgan fingerprint density at radius 2 is 2.00 bits per heavy atom. The summed E-state index contributed by atoms with van der Waals surface area (Å²) < 4.78 is 5.06. The molecule has 1 saturated heterocycles. The van der Waals surface area contributed by atoms with E-state index in [1.807, 2.05) is 13.0 Å². The molecule has 1 amide bonds. The van der Waals surface area contributed by atoms with Crippen molar-refractivity contribution in [1.29, 1.82) is 0 Å². The van der Waals surface area contributed by atoms with Crippen molar-refractivity contribution in [1.82, 2.24) is 5.32 Å². The van der Waals surface area contributed by atoms with E-state index in [1.54, 1.807) is 12.1 Å². The van der Waals surface area contributed by atoms with Crippen LogP contribution in [-0.2, 0) is 20.9 Å². The van der Waals surface area contributed by atoms with Gasteiger partial charge in [-0.25, -0.2) is 0 Å². The summed E-state index contributed by atoms with van der Waals surface area (Å²) in [7, 11) is 0. The Morgan fingerprint density at radius 1 is 1.29 bits per heavy atom. The maximum absolute atomic E-state index is 12.1. The Bertz CT molecular complexity index is 587. The Kier molecular flexibility index (Phi) is 7.34. The Labute approximate surface area is 152 Å². The average Bonchev–Trinajstić information content (AvgIpc) is 2.55. The highest BCUT2D eigenvalue weighted by molar-refractivity contribution is 6.35. The highest BCUT2D eigenvalue weighted by Gasteiger charge is 2.29. The first-order chi connectivity index (χ1) is 11.5. The van der Waals surface area contributed by atoms with Gasteiger partial charge in [-0.15, -0.1) is 0 Å². The Hall–Kier alpha value is -1.30. The summed E-state index contributed by atoms with van der Waals surface area (Å²) in [6.07, 6.45) is 1.54. The van der Waals surface area contributed by atoms with E-state index in [2.05, 4.69) is 5.32 Å². The summed E-state index contributed by atoms with van der Waals surface area (Å²) in [6.45, 7) is 4.63. The minimum atomic E-state index is -0.113. The highest BCUT2D eigenvalue weighted by Crippen LogP contribution is 2.20. The molecule has 1 aromatic rings. The molecule has 0 radical (unpaired) electrons. The van der Waals surface area contributed by atoms with Crippen molar-refractivity contribution in [3.05, 3.63) is 33.8 Å². The molecule has 2 N–H and O–H groups in total. The first-order valence-electron chi connectivity index (χ1n) is 8.20. The fourth-order valence-electron chi connectivity index (χ4n) is 2.85.